The maximum Gasteiger partial charge on any atom is 0.282 e. The highest BCUT2D eigenvalue weighted by atomic mass is 16.6. The Morgan fingerprint density at radius 2 is 1.29 bits per heavy atom. The van der Waals surface area contributed by atoms with Crippen molar-refractivity contribution in [2.75, 3.05) is 0 Å². The van der Waals surface area contributed by atoms with Crippen LogP contribution in [0, 0.1) is 54.3 Å². The first-order valence-electron chi connectivity index (χ1n) is 9.38. The van der Waals surface area contributed by atoms with Crippen LogP contribution in [-0.4, -0.2) is 19.7 Å². The van der Waals surface area contributed by atoms with Crippen molar-refractivity contribution >= 4 is 22.7 Å². The van der Waals surface area contributed by atoms with Gasteiger partial charge in [-0.25, -0.2) is 0 Å². The third-order valence-electron chi connectivity index (χ3n) is 5.90. The lowest BCUT2D eigenvalue weighted by molar-refractivity contribution is -0.396. The number of nitrogens with zero attached hydrogens (tertiary/aromatic N) is 4. The van der Waals surface area contributed by atoms with Crippen molar-refractivity contribution in [3.63, 3.8) is 0 Å². The van der Waals surface area contributed by atoms with Crippen molar-refractivity contribution in [3.05, 3.63) is 86.0 Å². The molecule has 0 spiro atoms. The number of benzene rings is 2. The normalized spacial score (nSPS) is 14.9. The first-order valence-corrected chi connectivity index (χ1v) is 9.38. The van der Waals surface area contributed by atoms with E-state index in [4.69, 9.17) is 0 Å². The molecular weight excluding hydrogens is 412 g/mol. The van der Waals surface area contributed by atoms with E-state index in [0.717, 1.165) is 0 Å². The summed E-state index contributed by atoms with van der Waals surface area (Å²) in [6.07, 6.45) is 0.334. The Morgan fingerprint density at radius 1 is 0.806 bits per heavy atom. The van der Waals surface area contributed by atoms with E-state index >= 15 is 0 Å². The van der Waals surface area contributed by atoms with Crippen LogP contribution >= 0.6 is 0 Å². The Kier molecular flexibility index (Phi) is 5.40. The molecule has 0 radical (unpaired) electrons. The van der Waals surface area contributed by atoms with Gasteiger partial charge >= 0.3 is 0 Å². The molecule has 0 saturated carbocycles. The van der Waals surface area contributed by atoms with E-state index in [1.54, 1.807) is 6.92 Å². The number of nitro groups is 4. The fraction of sp³-hybridized carbons (Fsp3) is 0.368. The third kappa shape index (κ3) is 3.45. The van der Waals surface area contributed by atoms with Gasteiger partial charge < -0.3 is 0 Å². The van der Waals surface area contributed by atoms with E-state index < -0.39 is 42.7 Å². The maximum absolute atomic E-state index is 11.9. The number of hydrogen-bond acceptors (Lipinski definition) is 8. The molecule has 0 bridgehead atoms. The summed E-state index contributed by atoms with van der Waals surface area (Å²) in [4.78, 5) is 43.9. The van der Waals surface area contributed by atoms with Crippen molar-refractivity contribution in [1.29, 1.82) is 0 Å². The van der Waals surface area contributed by atoms with Gasteiger partial charge in [0, 0.05) is 29.7 Å². The zero-order chi connectivity index (χ0) is 23.2. The molecule has 2 aromatic rings. The van der Waals surface area contributed by atoms with Gasteiger partial charge in [0.2, 0.25) is 0 Å². The Balaban J connectivity index is 2.44. The average Bonchev–Trinajstić information content (AvgIpc) is 2.81. The fourth-order valence-corrected chi connectivity index (χ4v) is 4.41. The van der Waals surface area contributed by atoms with Crippen LogP contribution in [0.25, 0.3) is 0 Å². The minimum atomic E-state index is -0.721. The summed E-state index contributed by atoms with van der Waals surface area (Å²) in [5, 5.41) is 46.7. The summed E-state index contributed by atoms with van der Waals surface area (Å²) in [5.74, 6) is -0.464. The van der Waals surface area contributed by atoms with Gasteiger partial charge in [-0.05, 0) is 43.7 Å². The topological polar surface area (TPSA) is 173 Å². The van der Waals surface area contributed by atoms with Crippen molar-refractivity contribution < 1.29 is 19.7 Å². The van der Waals surface area contributed by atoms with Crippen LogP contribution in [-0.2, 0) is 12.8 Å². The SMILES string of the molecule is CCC1Cc2c(cc([N+](=O)[O-])c(C)c2[N+](=O)[O-])Cc2c1cc([N+](=O)[O-])c(C)c2[N+](=O)[O-]. The highest BCUT2D eigenvalue weighted by Crippen LogP contribution is 2.46. The van der Waals surface area contributed by atoms with Gasteiger partial charge in [0.05, 0.1) is 19.7 Å². The molecule has 12 nitrogen and oxygen atoms in total. The molecule has 162 valence electrons. The van der Waals surface area contributed by atoms with Crippen molar-refractivity contribution in [3.8, 4) is 0 Å². The van der Waals surface area contributed by atoms with Gasteiger partial charge in [0.15, 0.2) is 0 Å². The Hall–Kier alpha value is -3.96. The predicted octanol–water partition coefficient (Wildman–Crippen LogP) is 4.58. The molecule has 1 aliphatic carbocycles. The largest absolute Gasteiger partial charge is 0.282 e. The Bertz CT molecular complexity index is 1170. The molecule has 0 amide bonds. The molecule has 3 rings (SSSR count). The van der Waals surface area contributed by atoms with Crippen LogP contribution in [0.2, 0.25) is 0 Å². The highest BCUT2D eigenvalue weighted by molar-refractivity contribution is 5.68. The first-order chi connectivity index (χ1) is 14.5. The maximum atomic E-state index is 11.9. The molecule has 31 heavy (non-hydrogen) atoms. The minimum Gasteiger partial charge on any atom is -0.258 e. The molecule has 1 aliphatic rings. The Labute approximate surface area is 175 Å². The summed E-state index contributed by atoms with van der Waals surface area (Å²) in [7, 11) is 0. The molecule has 0 aliphatic heterocycles. The highest BCUT2D eigenvalue weighted by Gasteiger charge is 2.38. The number of hydrogen-bond donors (Lipinski definition) is 0. The lowest BCUT2D eigenvalue weighted by Crippen LogP contribution is -2.09. The quantitative estimate of drug-likeness (QED) is 0.489. The van der Waals surface area contributed by atoms with Gasteiger partial charge in [-0.1, -0.05) is 6.92 Å². The van der Waals surface area contributed by atoms with Gasteiger partial charge in [0.1, 0.15) is 11.1 Å². The van der Waals surface area contributed by atoms with Gasteiger partial charge in [-0.2, -0.15) is 0 Å². The van der Waals surface area contributed by atoms with Crippen molar-refractivity contribution in [2.24, 2.45) is 0 Å². The summed E-state index contributed by atoms with van der Waals surface area (Å²) >= 11 is 0. The molecule has 2 aromatic carbocycles. The van der Waals surface area contributed by atoms with E-state index in [0.29, 0.717) is 12.0 Å². The predicted molar refractivity (Wildman–Crippen MR) is 109 cm³/mol. The average molecular weight is 430 g/mol. The molecule has 0 heterocycles. The zero-order valence-electron chi connectivity index (χ0n) is 16.9. The van der Waals surface area contributed by atoms with Crippen LogP contribution in [0.5, 0.6) is 0 Å². The van der Waals surface area contributed by atoms with Crippen molar-refractivity contribution in [2.45, 2.75) is 46.0 Å². The summed E-state index contributed by atoms with van der Waals surface area (Å²) < 4.78 is 0. The number of rotatable bonds is 5. The lowest BCUT2D eigenvalue weighted by Gasteiger charge is -2.17. The second kappa shape index (κ2) is 7.70. The third-order valence-corrected chi connectivity index (χ3v) is 5.90. The van der Waals surface area contributed by atoms with E-state index in [2.05, 4.69) is 0 Å². The van der Waals surface area contributed by atoms with Crippen LogP contribution in [0.15, 0.2) is 12.1 Å². The monoisotopic (exact) mass is 430 g/mol. The molecule has 12 heteroatoms. The summed E-state index contributed by atoms with van der Waals surface area (Å²) in [5.41, 5.74) is -0.776. The molecule has 1 atom stereocenters. The zero-order valence-corrected chi connectivity index (χ0v) is 16.9. The molecule has 0 N–H and O–H groups in total. The Morgan fingerprint density at radius 3 is 1.74 bits per heavy atom. The number of nitro benzene ring substituents is 4. The van der Waals surface area contributed by atoms with Gasteiger partial charge in [0.25, 0.3) is 22.7 Å². The van der Waals surface area contributed by atoms with E-state index in [1.165, 1.54) is 26.0 Å². The van der Waals surface area contributed by atoms with Crippen molar-refractivity contribution in [1.82, 2.24) is 0 Å². The fourth-order valence-electron chi connectivity index (χ4n) is 4.41. The van der Waals surface area contributed by atoms with Crippen LogP contribution < -0.4 is 0 Å². The second-order valence-corrected chi connectivity index (χ2v) is 7.46. The van der Waals surface area contributed by atoms with Crippen LogP contribution in [0.4, 0.5) is 22.7 Å². The summed E-state index contributed by atoms with van der Waals surface area (Å²) in [6, 6.07) is 2.52. The van der Waals surface area contributed by atoms with Gasteiger partial charge in [-0.15, -0.1) is 0 Å². The summed E-state index contributed by atoms with van der Waals surface area (Å²) in [6.45, 7) is 4.36. The van der Waals surface area contributed by atoms with E-state index in [-0.39, 0.29) is 46.3 Å². The second-order valence-electron chi connectivity index (χ2n) is 7.46. The number of fused-ring (bicyclic) bond motifs is 2. The molecular formula is C19H18N4O8. The molecule has 0 fully saturated rings. The lowest BCUT2D eigenvalue weighted by atomic mass is 9.86. The van der Waals surface area contributed by atoms with E-state index in [1.807, 2.05) is 0 Å². The van der Waals surface area contributed by atoms with Gasteiger partial charge in [-0.3, -0.25) is 40.5 Å². The van der Waals surface area contributed by atoms with Crippen LogP contribution in [0.1, 0.15) is 52.6 Å². The van der Waals surface area contributed by atoms with E-state index in [9.17, 15) is 40.5 Å². The first kappa shape index (κ1) is 21.7. The smallest absolute Gasteiger partial charge is 0.258 e. The molecule has 1 unspecified atom stereocenters. The molecule has 0 aromatic heterocycles. The minimum absolute atomic E-state index is 0.0886. The molecule has 0 saturated heterocycles. The standard InChI is InChI=1S/C19H18N4O8/c1-4-11-5-14-12(7-16(20(24)25)9(2)18(14)22(28)29)6-15-13(11)8-17(21(26)27)10(3)19(15)23(30)31/h7-8,11H,4-6H2,1-3H3. The van der Waals surface area contributed by atoms with Crippen LogP contribution in [0.3, 0.4) is 0 Å².